The lowest BCUT2D eigenvalue weighted by molar-refractivity contribution is -0.110. The van der Waals surface area contributed by atoms with Crippen molar-refractivity contribution in [2.75, 3.05) is 64.1 Å². The van der Waals surface area contributed by atoms with Crippen molar-refractivity contribution in [3.8, 4) is 0 Å². The Labute approximate surface area is 246 Å². The fourth-order valence-electron chi connectivity index (χ4n) is 5.39. The molecular formula is C33H37N5O4. The summed E-state index contributed by atoms with van der Waals surface area (Å²) in [7, 11) is 3.48. The Kier molecular flexibility index (Phi) is 9.00. The van der Waals surface area contributed by atoms with Crippen LogP contribution in [0.25, 0.3) is 11.3 Å². The molecule has 1 saturated heterocycles. The summed E-state index contributed by atoms with van der Waals surface area (Å²) in [6.45, 7) is 7.47. The van der Waals surface area contributed by atoms with Gasteiger partial charge in [0.05, 0.1) is 29.6 Å². The summed E-state index contributed by atoms with van der Waals surface area (Å²) in [5.41, 5.74) is 5.58. The lowest BCUT2D eigenvalue weighted by Crippen LogP contribution is -2.36. The molecule has 3 aromatic carbocycles. The van der Waals surface area contributed by atoms with Crippen LogP contribution in [0, 0.1) is 6.92 Å². The quantitative estimate of drug-likeness (QED) is 0.278. The maximum absolute atomic E-state index is 13.3. The number of amides is 2. The van der Waals surface area contributed by atoms with E-state index in [0.29, 0.717) is 45.8 Å². The van der Waals surface area contributed by atoms with Crippen LogP contribution in [0.5, 0.6) is 0 Å². The number of carbonyl (C=O) groups is 3. The molecule has 2 amide bonds. The van der Waals surface area contributed by atoms with E-state index in [1.54, 1.807) is 18.2 Å². The normalized spacial score (nSPS) is 16.7. The summed E-state index contributed by atoms with van der Waals surface area (Å²) in [6.07, 6.45) is 1.14. The van der Waals surface area contributed by atoms with Gasteiger partial charge < -0.3 is 30.5 Å². The number of benzene rings is 3. The zero-order chi connectivity index (χ0) is 29.6. The summed E-state index contributed by atoms with van der Waals surface area (Å²) in [4.78, 5) is 43.1. The first-order chi connectivity index (χ1) is 20.3. The van der Waals surface area contributed by atoms with Crippen LogP contribution < -0.4 is 16.0 Å². The highest BCUT2D eigenvalue weighted by atomic mass is 16.5. The zero-order valence-electron chi connectivity index (χ0n) is 24.3. The zero-order valence-corrected chi connectivity index (χ0v) is 24.3. The number of ether oxygens (including phenoxy) is 1. The molecule has 0 aliphatic carbocycles. The van der Waals surface area contributed by atoms with E-state index < -0.39 is 5.97 Å². The van der Waals surface area contributed by atoms with Crippen LogP contribution in [0.4, 0.5) is 11.4 Å². The van der Waals surface area contributed by atoms with Crippen molar-refractivity contribution in [1.29, 1.82) is 0 Å². The average molecular weight is 568 g/mol. The number of hydrogen-bond donors (Lipinski definition) is 3. The summed E-state index contributed by atoms with van der Waals surface area (Å²) >= 11 is 0. The number of fused-ring (bicyclic) bond motifs is 1. The second-order valence-electron chi connectivity index (χ2n) is 10.7. The van der Waals surface area contributed by atoms with Crippen molar-refractivity contribution in [3.63, 3.8) is 0 Å². The lowest BCUT2D eigenvalue weighted by Gasteiger charge is -2.20. The first kappa shape index (κ1) is 29.0. The molecule has 0 radical (unpaired) electrons. The third-order valence-corrected chi connectivity index (χ3v) is 7.77. The van der Waals surface area contributed by atoms with Crippen LogP contribution in [0.15, 0.2) is 66.7 Å². The molecule has 42 heavy (non-hydrogen) atoms. The summed E-state index contributed by atoms with van der Waals surface area (Å²) < 4.78 is 4.90. The van der Waals surface area contributed by atoms with Gasteiger partial charge in [-0.05, 0) is 81.0 Å². The number of methoxy groups -OCH3 is 1. The van der Waals surface area contributed by atoms with Gasteiger partial charge in [0.15, 0.2) is 0 Å². The number of hydrogen-bond acceptors (Lipinski definition) is 7. The topological polar surface area (TPSA) is 103 Å². The Morgan fingerprint density at radius 1 is 0.952 bits per heavy atom. The van der Waals surface area contributed by atoms with E-state index in [0.717, 1.165) is 50.4 Å². The molecule has 0 spiro atoms. The molecule has 9 nitrogen and oxygen atoms in total. The molecule has 3 N–H and O–H groups in total. The first-order valence-electron chi connectivity index (χ1n) is 14.2. The molecule has 0 bridgehead atoms. The van der Waals surface area contributed by atoms with E-state index >= 15 is 0 Å². The fourth-order valence-corrected chi connectivity index (χ4v) is 5.39. The van der Waals surface area contributed by atoms with Crippen molar-refractivity contribution < 1.29 is 19.1 Å². The van der Waals surface area contributed by atoms with Gasteiger partial charge in [0, 0.05) is 43.0 Å². The molecular weight excluding hydrogens is 530 g/mol. The van der Waals surface area contributed by atoms with E-state index in [-0.39, 0.29) is 11.8 Å². The molecule has 3 aromatic rings. The Balaban J connectivity index is 1.35. The van der Waals surface area contributed by atoms with E-state index in [9.17, 15) is 14.4 Å². The maximum Gasteiger partial charge on any atom is 0.338 e. The molecule has 0 saturated carbocycles. The van der Waals surface area contributed by atoms with Gasteiger partial charge in [0.2, 0.25) is 0 Å². The number of carbonyl (C=O) groups excluding carboxylic acids is 3. The van der Waals surface area contributed by atoms with Crippen LogP contribution in [0.2, 0.25) is 0 Å². The molecule has 5 rings (SSSR count). The number of aryl methyl sites for hydroxylation is 1. The van der Waals surface area contributed by atoms with Crippen molar-refractivity contribution in [3.05, 3.63) is 94.5 Å². The SMILES string of the molecule is COC(=O)c1cc2c(cc1C)/C(=C(\Nc1ccc(C(=O)NCCN3CCCN(C)CC3)cc1)c1ccccc1)C(=O)N2. The van der Waals surface area contributed by atoms with Crippen molar-refractivity contribution in [2.24, 2.45) is 0 Å². The van der Waals surface area contributed by atoms with E-state index in [1.165, 1.54) is 7.11 Å². The highest BCUT2D eigenvalue weighted by molar-refractivity contribution is 6.37. The molecule has 1 fully saturated rings. The van der Waals surface area contributed by atoms with Crippen LogP contribution in [-0.2, 0) is 9.53 Å². The lowest BCUT2D eigenvalue weighted by atomic mass is 9.96. The molecule has 0 atom stereocenters. The van der Waals surface area contributed by atoms with Crippen LogP contribution >= 0.6 is 0 Å². The average Bonchev–Trinajstić information content (AvgIpc) is 3.16. The van der Waals surface area contributed by atoms with Crippen molar-refractivity contribution in [2.45, 2.75) is 13.3 Å². The number of nitrogens with zero attached hydrogens (tertiary/aromatic N) is 2. The summed E-state index contributed by atoms with van der Waals surface area (Å²) in [5.74, 6) is -0.844. The minimum absolute atomic E-state index is 0.115. The molecule has 0 unspecified atom stereocenters. The third-order valence-electron chi connectivity index (χ3n) is 7.77. The van der Waals surface area contributed by atoms with Crippen LogP contribution in [-0.4, -0.2) is 81.0 Å². The standard InChI is InChI=1S/C33H37N5O4/c1-22-20-27-28(21-26(22)33(41)42-3)36-32(40)29(27)30(23-8-5-4-6-9-23)35-25-12-10-24(11-13-25)31(39)34-14-17-38-16-7-15-37(2)18-19-38/h4-6,8-13,20-21,35H,7,14-19H2,1-3H3,(H,34,39)(H,36,40)/b30-29+. The minimum atomic E-state index is -0.456. The number of anilines is 2. The second-order valence-corrected chi connectivity index (χ2v) is 10.7. The van der Waals surface area contributed by atoms with Gasteiger partial charge in [-0.15, -0.1) is 0 Å². The predicted molar refractivity (Wildman–Crippen MR) is 165 cm³/mol. The maximum atomic E-state index is 13.3. The predicted octanol–water partition coefficient (Wildman–Crippen LogP) is 4.08. The first-order valence-corrected chi connectivity index (χ1v) is 14.2. The van der Waals surface area contributed by atoms with Gasteiger partial charge in [-0.2, -0.15) is 0 Å². The van der Waals surface area contributed by atoms with Gasteiger partial charge in [0.1, 0.15) is 0 Å². The highest BCUT2D eigenvalue weighted by Gasteiger charge is 2.30. The minimum Gasteiger partial charge on any atom is -0.465 e. The van der Waals surface area contributed by atoms with Gasteiger partial charge >= 0.3 is 5.97 Å². The van der Waals surface area contributed by atoms with Gasteiger partial charge in [-0.25, -0.2) is 4.79 Å². The van der Waals surface area contributed by atoms with Crippen molar-refractivity contribution >= 4 is 40.4 Å². The van der Waals surface area contributed by atoms with Crippen LogP contribution in [0.1, 0.15) is 43.8 Å². The van der Waals surface area contributed by atoms with Gasteiger partial charge in [-0.3, -0.25) is 9.59 Å². The van der Waals surface area contributed by atoms with E-state index in [4.69, 9.17) is 4.74 Å². The van der Waals surface area contributed by atoms with Crippen molar-refractivity contribution in [1.82, 2.24) is 15.1 Å². The molecule has 2 aliphatic rings. The number of nitrogens with one attached hydrogen (secondary N) is 3. The van der Waals surface area contributed by atoms with Gasteiger partial charge in [0.25, 0.3) is 11.8 Å². The molecule has 9 heteroatoms. The van der Waals surface area contributed by atoms with Gasteiger partial charge in [-0.1, -0.05) is 30.3 Å². The highest BCUT2D eigenvalue weighted by Crippen LogP contribution is 2.39. The second kappa shape index (κ2) is 13.0. The number of esters is 1. The fraction of sp³-hybridized carbons (Fsp3) is 0.303. The van der Waals surface area contributed by atoms with Crippen LogP contribution in [0.3, 0.4) is 0 Å². The summed E-state index contributed by atoms with van der Waals surface area (Å²) in [5, 5.41) is 9.36. The van der Waals surface area contributed by atoms with E-state index in [1.807, 2.05) is 55.5 Å². The Bertz CT molecular complexity index is 1500. The smallest absolute Gasteiger partial charge is 0.338 e. The third kappa shape index (κ3) is 6.53. The Hall–Kier alpha value is -4.47. The molecule has 0 aromatic heterocycles. The molecule has 2 heterocycles. The Morgan fingerprint density at radius 2 is 1.71 bits per heavy atom. The number of rotatable bonds is 8. The monoisotopic (exact) mass is 567 g/mol. The molecule has 218 valence electrons. The molecule has 2 aliphatic heterocycles. The van der Waals surface area contributed by atoms with E-state index in [2.05, 4.69) is 32.8 Å². The largest absolute Gasteiger partial charge is 0.465 e. The Morgan fingerprint density at radius 3 is 2.45 bits per heavy atom. The number of likely N-dealkylation sites (N-methyl/N-ethyl adjacent to an activating group) is 1. The summed E-state index contributed by atoms with van der Waals surface area (Å²) in [6, 6.07) is 20.3.